The Morgan fingerprint density at radius 1 is 1.20 bits per heavy atom. The number of halogens is 1. The average molecular weight is 291 g/mol. The molecule has 0 aliphatic rings. The fourth-order valence-corrected chi connectivity index (χ4v) is 1.97. The first kappa shape index (κ1) is 14.3. The van der Waals surface area contributed by atoms with Gasteiger partial charge in [-0.2, -0.15) is 10.2 Å². The molecular formula is C14H15ClN4O. The molecule has 6 heteroatoms. The minimum Gasteiger partial charge on any atom is -0.398 e. The molecule has 5 nitrogen and oxygen atoms in total. The van der Waals surface area contributed by atoms with Crippen LogP contribution in [-0.4, -0.2) is 16.1 Å². The normalized spacial score (nSPS) is 10.4. The van der Waals surface area contributed by atoms with Crippen LogP contribution in [0.3, 0.4) is 0 Å². The van der Waals surface area contributed by atoms with Crippen LogP contribution in [0, 0.1) is 20.8 Å². The molecule has 0 saturated carbocycles. The predicted molar refractivity (Wildman–Crippen MR) is 80.1 cm³/mol. The van der Waals surface area contributed by atoms with Crippen LogP contribution in [0.25, 0.3) is 0 Å². The highest BCUT2D eigenvalue weighted by atomic mass is 35.5. The van der Waals surface area contributed by atoms with Gasteiger partial charge in [-0.25, -0.2) is 0 Å². The van der Waals surface area contributed by atoms with Crippen LogP contribution in [0.15, 0.2) is 18.2 Å². The number of nitrogens with zero attached hydrogens (tertiary/aromatic N) is 2. The van der Waals surface area contributed by atoms with Crippen molar-refractivity contribution in [2.24, 2.45) is 0 Å². The molecule has 1 aromatic heterocycles. The molecule has 1 aromatic carbocycles. The highest BCUT2D eigenvalue weighted by Gasteiger charge is 2.13. The maximum absolute atomic E-state index is 12.3. The Balaban J connectivity index is 2.32. The van der Waals surface area contributed by atoms with E-state index < -0.39 is 0 Å². The third kappa shape index (κ3) is 2.88. The summed E-state index contributed by atoms with van der Waals surface area (Å²) in [5.41, 5.74) is 9.42. The van der Waals surface area contributed by atoms with Crippen molar-refractivity contribution in [1.82, 2.24) is 10.2 Å². The van der Waals surface area contributed by atoms with E-state index in [9.17, 15) is 4.79 Å². The zero-order chi connectivity index (χ0) is 14.9. The van der Waals surface area contributed by atoms with E-state index in [0.717, 1.165) is 5.56 Å². The van der Waals surface area contributed by atoms with E-state index in [4.69, 9.17) is 17.3 Å². The SMILES string of the molecule is Cc1cc(C(=O)Nc2cc(Cl)c(N)cc2C)c(C)nn1. The maximum Gasteiger partial charge on any atom is 0.257 e. The number of carbonyl (C=O) groups is 1. The molecule has 0 fully saturated rings. The summed E-state index contributed by atoms with van der Waals surface area (Å²) in [6, 6.07) is 5.06. The van der Waals surface area contributed by atoms with Crippen LogP contribution < -0.4 is 11.1 Å². The maximum atomic E-state index is 12.3. The van der Waals surface area contributed by atoms with Crippen molar-refractivity contribution >= 4 is 28.9 Å². The zero-order valence-electron chi connectivity index (χ0n) is 11.5. The number of aryl methyl sites for hydroxylation is 3. The molecule has 1 amide bonds. The number of nitrogen functional groups attached to an aromatic ring is 1. The monoisotopic (exact) mass is 290 g/mol. The number of hydrogen-bond acceptors (Lipinski definition) is 4. The Bertz CT molecular complexity index is 685. The average Bonchev–Trinajstić information content (AvgIpc) is 2.38. The van der Waals surface area contributed by atoms with Gasteiger partial charge in [-0.05, 0) is 44.5 Å². The summed E-state index contributed by atoms with van der Waals surface area (Å²) < 4.78 is 0. The molecule has 20 heavy (non-hydrogen) atoms. The Hall–Kier alpha value is -2.14. The topological polar surface area (TPSA) is 80.9 Å². The minimum absolute atomic E-state index is 0.246. The van der Waals surface area contributed by atoms with Crippen molar-refractivity contribution < 1.29 is 4.79 Å². The number of nitrogens with two attached hydrogens (primary N) is 1. The summed E-state index contributed by atoms with van der Waals surface area (Å²) in [6.45, 7) is 5.38. The minimum atomic E-state index is -0.246. The van der Waals surface area contributed by atoms with Crippen LogP contribution in [0.2, 0.25) is 5.02 Å². The van der Waals surface area contributed by atoms with E-state index in [1.54, 1.807) is 32.0 Å². The molecule has 0 aliphatic heterocycles. The first-order valence-corrected chi connectivity index (χ1v) is 6.44. The second kappa shape index (κ2) is 5.46. The molecule has 0 bridgehead atoms. The predicted octanol–water partition coefficient (Wildman–Crippen LogP) is 2.89. The Morgan fingerprint density at radius 3 is 2.60 bits per heavy atom. The van der Waals surface area contributed by atoms with Gasteiger partial charge < -0.3 is 11.1 Å². The molecule has 1 heterocycles. The van der Waals surface area contributed by atoms with E-state index in [2.05, 4.69) is 15.5 Å². The highest BCUT2D eigenvalue weighted by Crippen LogP contribution is 2.27. The number of hydrogen-bond donors (Lipinski definition) is 2. The molecule has 0 aliphatic carbocycles. The van der Waals surface area contributed by atoms with Crippen molar-refractivity contribution in [1.29, 1.82) is 0 Å². The van der Waals surface area contributed by atoms with Crippen molar-refractivity contribution in [3.63, 3.8) is 0 Å². The van der Waals surface area contributed by atoms with Gasteiger partial charge in [0, 0.05) is 5.69 Å². The number of benzene rings is 1. The molecule has 104 valence electrons. The number of aromatic nitrogens is 2. The van der Waals surface area contributed by atoms with E-state index in [-0.39, 0.29) is 5.91 Å². The lowest BCUT2D eigenvalue weighted by Gasteiger charge is -2.11. The molecular weight excluding hydrogens is 276 g/mol. The second-order valence-electron chi connectivity index (χ2n) is 4.63. The molecule has 0 unspecified atom stereocenters. The van der Waals surface area contributed by atoms with Gasteiger partial charge >= 0.3 is 0 Å². The van der Waals surface area contributed by atoms with Crippen molar-refractivity contribution in [2.45, 2.75) is 20.8 Å². The molecule has 0 saturated heterocycles. The molecule has 3 N–H and O–H groups in total. The molecule has 0 radical (unpaired) electrons. The fraction of sp³-hybridized carbons (Fsp3) is 0.214. The van der Waals surface area contributed by atoms with Gasteiger partial charge in [0.25, 0.3) is 5.91 Å². The Labute approximate surface area is 122 Å². The third-order valence-corrected chi connectivity index (χ3v) is 3.26. The summed E-state index contributed by atoms with van der Waals surface area (Å²) in [6.07, 6.45) is 0. The smallest absolute Gasteiger partial charge is 0.257 e. The Kier molecular flexibility index (Phi) is 3.90. The lowest BCUT2D eigenvalue weighted by atomic mass is 10.1. The largest absolute Gasteiger partial charge is 0.398 e. The molecule has 2 rings (SSSR count). The number of anilines is 2. The van der Waals surface area contributed by atoms with Gasteiger partial charge in [-0.1, -0.05) is 11.6 Å². The fourth-order valence-electron chi connectivity index (χ4n) is 1.81. The van der Waals surface area contributed by atoms with E-state index in [0.29, 0.717) is 33.3 Å². The first-order valence-electron chi connectivity index (χ1n) is 6.06. The lowest BCUT2D eigenvalue weighted by Crippen LogP contribution is -2.16. The van der Waals surface area contributed by atoms with E-state index in [1.165, 1.54) is 0 Å². The standard InChI is InChI=1S/C14H15ClN4O/c1-7-4-12(16)11(15)6-13(7)17-14(20)10-5-8(2)18-19-9(10)3/h4-6H,16H2,1-3H3,(H,17,20). The number of rotatable bonds is 2. The molecule has 0 atom stereocenters. The number of carbonyl (C=O) groups excluding carboxylic acids is 1. The first-order chi connectivity index (χ1) is 9.38. The van der Waals surface area contributed by atoms with Crippen LogP contribution in [-0.2, 0) is 0 Å². The van der Waals surface area contributed by atoms with Crippen LogP contribution >= 0.6 is 11.6 Å². The van der Waals surface area contributed by atoms with Gasteiger partial charge in [-0.3, -0.25) is 4.79 Å². The summed E-state index contributed by atoms with van der Waals surface area (Å²) in [5.74, 6) is -0.246. The summed E-state index contributed by atoms with van der Waals surface area (Å²) in [4.78, 5) is 12.3. The lowest BCUT2D eigenvalue weighted by molar-refractivity contribution is 0.102. The molecule has 2 aromatic rings. The van der Waals surface area contributed by atoms with Crippen molar-refractivity contribution in [2.75, 3.05) is 11.1 Å². The quantitative estimate of drug-likeness (QED) is 0.833. The van der Waals surface area contributed by atoms with Gasteiger partial charge in [0.1, 0.15) is 0 Å². The van der Waals surface area contributed by atoms with Crippen molar-refractivity contribution in [3.8, 4) is 0 Å². The second-order valence-corrected chi connectivity index (χ2v) is 5.03. The van der Waals surface area contributed by atoms with Gasteiger partial charge in [0.15, 0.2) is 0 Å². The summed E-state index contributed by atoms with van der Waals surface area (Å²) >= 11 is 5.97. The Morgan fingerprint density at radius 2 is 1.90 bits per heavy atom. The van der Waals surface area contributed by atoms with Crippen LogP contribution in [0.5, 0.6) is 0 Å². The third-order valence-electron chi connectivity index (χ3n) is 2.94. The number of nitrogens with one attached hydrogen (secondary N) is 1. The highest BCUT2D eigenvalue weighted by molar-refractivity contribution is 6.33. The van der Waals surface area contributed by atoms with Crippen LogP contribution in [0.4, 0.5) is 11.4 Å². The van der Waals surface area contributed by atoms with Gasteiger partial charge in [0.05, 0.1) is 27.7 Å². The summed E-state index contributed by atoms with van der Waals surface area (Å²) in [5, 5.41) is 11.1. The van der Waals surface area contributed by atoms with Crippen LogP contribution in [0.1, 0.15) is 27.3 Å². The van der Waals surface area contributed by atoms with Gasteiger partial charge in [0.2, 0.25) is 0 Å². The van der Waals surface area contributed by atoms with Crippen molar-refractivity contribution in [3.05, 3.63) is 45.7 Å². The zero-order valence-corrected chi connectivity index (χ0v) is 12.2. The number of amides is 1. The summed E-state index contributed by atoms with van der Waals surface area (Å²) in [7, 11) is 0. The van der Waals surface area contributed by atoms with E-state index in [1.807, 2.05) is 6.92 Å². The van der Waals surface area contributed by atoms with Gasteiger partial charge in [-0.15, -0.1) is 0 Å². The van der Waals surface area contributed by atoms with E-state index >= 15 is 0 Å². The molecule has 0 spiro atoms.